The van der Waals surface area contributed by atoms with E-state index in [2.05, 4.69) is 30.4 Å². The van der Waals surface area contributed by atoms with E-state index in [0.717, 1.165) is 24.4 Å². The summed E-state index contributed by atoms with van der Waals surface area (Å²) in [6, 6.07) is 3.64. The molecule has 0 spiro atoms. The monoisotopic (exact) mass is 442 g/mol. The first-order chi connectivity index (χ1) is 15.1. The van der Waals surface area contributed by atoms with Gasteiger partial charge in [0.2, 0.25) is 5.88 Å². The molecule has 0 saturated heterocycles. The van der Waals surface area contributed by atoms with Gasteiger partial charge in [0.25, 0.3) is 5.91 Å². The quantitative estimate of drug-likeness (QED) is 0.526. The van der Waals surface area contributed by atoms with Crippen LogP contribution in [0.1, 0.15) is 65.0 Å². The number of carbonyl (C=O) groups is 1. The third kappa shape index (κ3) is 4.35. The Balaban J connectivity index is 1.11. The van der Waals surface area contributed by atoms with E-state index in [9.17, 15) is 4.79 Å². The standard InChI is InChI=1S/C21H26N6O3S/c1-27-18(7-15(25-27)10-29-2)20(28)22-19-8-17(23-24-19)14-5-12(6-14)9-30-21-16(11-31-26-21)13-3-4-13/h7-8,11-14H,3-6,9-10H2,1-2H3,(H2,22,23,24,28)/t12-,14-. The number of aromatic nitrogens is 5. The third-order valence-corrected chi connectivity index (χ3v) is 6.64. The van der Waals surface area contributed by atoms with Crippen LogP contribution in [-0.4, -0.2) is 44.0 Å². The minimum atomic E-state index is -0.245. The molecule has 5 rings (SSSR count). The van der Waals surface area contributed by atoms with Crippen LogP contribution in [0, 0.1) is 5.92 Å². The van der Waals surface area contributed by atoms with E-state index in [-0.39, 0.29) is 5.91 Å². The maximum absolute atomic E-state index is 12.6. The molecule has 2 aliphatic rings. The fourth-order valence-electron chi connectivity index (χ4n) is 4.08. The van der Waals surface area contributed by atoms with Crippen molar-refractivity contribution in [1.82, 2.24) is 24.4 Å². The Bertz CT molecular complexity index is 1060. The Kier molecular flexibility index (Phi) is 5.49. The van der Waals surface area contributed by atoms with Gasteiger partial charge in [-0.3, -0.25) is 14.6 Å². The Morgan fingerprint density at radius 3 is 2.94 bits per heavy atom. The van der Waals surface area contributed by atoms with Crippen LogP contribution in [0.5, 0.6) is 5.88 Å². The van der Waals surface area contributed by atoms with Crippen LogP contribution < -0.4 is 10.1 Å². The second-order valence-electron chi connectivity index (χ2n) is 8.43. The van der Waals surface area contributed by atoms with Gasteiger partial charge in [0.05, 0.1) is 18.9 Å². The molecule has 3 aromatic rings. The van der Waals surface area contributed by atoms with Crippen LogP contribution in [-0.2, 0) is 18.4 Å². The summed E-state index contributed by atoms with van der Waals surface area (Å²) in [6.07, 6.45) is 4.60. The fraction of sp³-hybridized carbons (Fsp3) is 0.524. The van der Waals surface area contributed by atoms with E-state index in [0.29, 0.717) is 48.2 Å². The molecular formula is C21H26N6O3S. The lowest BCUT2D eigenvalue weighted by molar-refractivity contribution is 0.101. The highest BCUT2D eigenvalue weighted by Gasteiger charge is 2.34. The highest BCUT2D eigenvalue weighted by Crippen LogP contribution is 2.46. The van der Waals surface area contributed by atoms with E-state index < -0.39 is 0 Å². The highest BCUT2D eigenvalue weighted by molar-refractivity contribution is 7.03. The number of rotatable bonds is 9. The number of anilines is 1. The number of methoxy groups -OCH3 is 1. The smallest absolute Gasteiger partial charge is 0.275 e. The van der Waals surface area contributed by atoms with Crippen molar-refractivity contribution in [1.29, 1.82) is 0 Å². The lowest BCUT2D eigenvalue weighted by Crippen LogP contribution is -2.27. The minimum absolute atomic E-state index is 0.245. The molecule has 9 nitrogen and oxygen atoms in total. The number of nitrogens with zero attached hydrogens (tertiary/aromatic N) is 4. The average molecular weight is 443 g/mol. The number of hydrogen-bond acceptors (Lipinski definition) is 7. The predicted molar refractivity (Wildman–Crippen MR) is 116 cm³/mol. The van der Waals surface area contributed by atoms with E-state index in [1.807, 2.05) is 6.07 Å². The largest absolute Gasteiger partial charge is 0.477 e. The first kappa shape index (κ1) is 20.2. The highest BCUT2D eigenvalue weighted by atomic mass is 32.1. The number of hydrogen-bond donors (Lipinski definition) is 2. The zero-order chi connectivity index (χ0) is 21.4. The molecule has 2 aliphatic carbocycles. The van der Waals surface area contributed by atoms with Crippen molar-refractivity contribution in [2.75, 3.05) is 19.0 Å². The van der Waals surface area contributed by atoms with Crippen molar-refractivity contribution >= 4 is 23.3 Å². The van der Waals surface area contributed by atoms with Crippen LogP contribution in [0.15, 0.2) is 17.5 Å². The lowest BCUT2D eigenvalue weighted by Gasteiger charge is -2.34. The number of aromatic amines is 1. The first-order valence-corrected chi connectivity index (χ1v) is 11.4. The Hall–Kier alpha value is -2.72. The van der Waals surface area contributed by atoms with Crippen molar-refractivity contribution in [3.05, 3.63) is 40.2 Å². The third-order valence-electron chi connectivity index (χ3n) is 6.01. The van der Waals surface area contributed by atoms with Crippen LogP contribution in [0.3, 0.4) is 0 Å². The van der Waals surface area contributed by atoms with Crippen molar-refractivity contribution in [3.63, 3.8) is 0 Å². The Morgan fingerprint density at radius 2 is 2.16 bits per heavy atom. The summed E-state index contributed by atoms with van der Waals surface area (Å²) in [5.41, 5.74) is 3.51. The molecule has 31 heavy (non-hydrogen) atoms. The van der Waals surface area contributed by atoms with Gasteiger partial charge in [0.1, 0.15) is 5.69 Å². The predicted octanol–water partition coefficient (Wildman–Crippen LogP) is 3.45. The summed E-state index contributed by atoms with van der Waals surface area (Å²) < 4.78 is 17.0. The molecule has 3 aromatic heterocycles. The molecule has 0 aromatic carbocycles. The second-order valence-corrected chi connectivity index (χ2v) is 9.06. The molecule has 164 valence electrons. The van der Waals surface area contributed by atoms with Crippen molar-refractivity contribution in [3.8, 4) is 5.88 Å². The zero-order valence-electron chi connectivity index (χ0n) is 17.6. The van der Waals surface area contributed by atoms with Crippen molar-refractivity contribution in [2.45, 2.75) is 44.1 Å². The SMILES string of the molecule is COCc1cc(C(=O)Nc2cc([C@H]3C[C@H](COc4nscc4C4CC4)C3)[nH]n2)n(C)n1. The van der Waals surface area contributed by atoms with E-state index in [4.69, 9.17) is 9.47 Å². The molecule has 2 fully saturated rings. The van der Waals surface area contributed by atoms with Gasteiger partial charge in [0.15, 0.2) is 5.82 Å². The molecule has 2 saturated carbocycles. The van der Waals surface area contributed by atoms with Gasteiger partial charge in [-0.25, -0.2) is 0 Å². The van der Waals surface area contributed by atoms with Gasteiger partial charge in [-0.15, -0.1) is 0 Å². The Morgan fingerprint density at radius 1 is 1.32 bits per heavy atom. The molecule has 0 atom stereocenters. The molecule has 1 amide bonds. The fourth-order valence-corrected chi connectivity index (χ4v) is 4.79. The van der Waals surface area contributed by atoms with Crippen LogP contribution in [0.25, 0.3) is 0 Å². The second kappa shape index (κ2) is 8.43. The molecule has 10 heteroatoms. The van der Waals surface area contributed by atoms with Crippen molar-refractivity contribution in [2.24, 2.45) is 13.0 Å². The van der Waals surface area contributed by atoms with E-state index in [1.165, 1.54) is 29.9 Å². The lowest BCUT2D eigenvalue weighted by atomic mass is 9.74. The normalized spacial score (nSPS) is 20.5. The molecule has 2 N–H and O–H groups in total. The van der Waals surface area contributed by atoms with Gasteiger partial charge >= 0.3 is 0 Å². The summed E-state index contributed by atoms with van der Waals surface area (Å²) in [6.45, 7) is 1.08. The van der Waals surface area contributed by atoms with E-state index >= 15 is 0 Å². The number of ether oxygens (including phenoxy) is 2. The summed E-state index contributed by atoms with van der Waals surface area (Å²) in [4.78, 5) is 12.6. The maximum Gasteiger partial charge on any atom is 0.275 e. The number of carbonyl (C=O) groups excluding carboxylic acids is 1. The zero-order valence-corrected chi connectivity index (χ0v) is 18.4. The van der Waals surface area contributed by atoms with Crippen LogP contribution >= 0.6 is 11.5 Å². The maximum atomic E-state index is 12.6. The number of aryl methyl sites for hydroxylation is 1. The molecule has 0 bridgehead atoms. The molecule has 0 unspecified atom stereocenters. The van der Waals surface area contributed by atoms with Gasteiger partial charge < -0.3 is 14.8 Å². The van der Waals surface area contributed by atoms with Gasteiger partial charge in [-0.2, -0.15) is 14.6 Å². The number of amides is 1. The summed E-state index contributed by atoms with van der Waals surface area (Å²) >= 11 is 1.49. The molecular weight excluding hydrogens is 416 g/mol. The number of H-pyrrole nitrogens is 1. The molecule has 0 aliphatic heterocycles. The summed E-state index contributed by atoms with van der Waals surface area (Å²) in [5, 5.41) is 16.6. The minimum Gasteiger partial charge on any atom is -0.477 e. The average Bonchev–Trinajstić information content (AvgIpc) is 3.09. The molecule has 0 radical (unpaired) electrons. The van der Waals surface area contributed by atoms with Crippen molar-refractivity contribution < 1.29 is 14.3 Å². The van der Waals surface area contributed by atoms with Gasteiger partial charge in [-0.05, 0) is 55.1 Å². The number of nitrogens with one attached hydrogen (secondary N) is 2. The van der Waals surface area contributed by atoms with Gasteiger partial charge in [-0.1, -0.05) is 0 Å². The topological polar surface area (TPSA) is 107 Å². The van der Waals surface area contributed by atoms with Gasteiger partial charge in [0, 0.05) is 42.8 Å². The molecule has 3 heterocycles. The van der Waals surface area contributed by atoms with Crippen LogP contribution in [0.4, 0.5) is 5.82 Å². The first-order valence-electron chi connectivity index (χ1n) is 10.6. The van der Waals surface area contributed by atoms with E-state index in [1.54, 1.807) is 24.9 Å². The summed E-state index contributed by atoms with van der Waals surface area (Å²) in [5.74, 6) is 2.71. The summed E-state index contributed by atoms with van der Waals surface area (Å²) in [7, 11) is 3.33. The Labute approximate surface area is 184 Å². The van der Waals surface area contributed by atoms with Crippen LogP contribution in [0.2, 0.25) is 0 Å².